The van der Waals surface area contributed by atoms with E-state index in [0.29, 0.717) is 60.8 Å². The molecule has 13 nitrogen and oxygen atoms in total. The van der Waals surface area contributed by atoms with E-state index in [1.54, 1.807) is 54.3 Å². The highest BCUT2D eigenvalue weighted by Crippen LogP contribution is 2.36. The third-order valence-corrected chi connectivity index (χ3v) is 9.58. The fourth-order valence-corrected chi connectivity index (χ4v) is 6.95. The zero-order valence-corrected chi connectivity index (χ0v) is 29.7. The summed E-state index contributed by atoms with van der Waals surface area (Å²) in [5.74, 6) is -5.15. The number of carbonyl (C=O) groups excluding carboxylic acids is 4. The molecule has 53 heavy (non-hydrogen) atoms. The Hall–Kier alpha value is -5.29. The lowest BCUT2D eigenvalue weighted by Gasteiger charge is -2.31. The first-order chi connectivity index (χ1) is 25.1. The lowest BCUT2D eigenvalue weighted by molar-refractivity contribution is -0.192. The third-order valence-electron chi connectivity index (χ3n) is 8.27. The van der Waals surface area contributed by atoms with Gasteiger partial charge in [-0.05, 0) is 80.8 Å². The third kappa shape index (κ3) is 11.9. The average molecular weight is 763 g/mol. The topological polar surface area (TPSA) is 211 Å². The molecule has 1 aliphatic heterocycles. The van der Waals surface area contributed by atoms with E-state index in [9.17, 15) is 37.1 Å². The van der Waals surface area contributed by atoms with Crippen molar-refractivity contribution in [3.05, 3.63) is 86.6 Å². The number of benzene rings is 2. The number of primary amides is 1. The van der Waals surface area contributed by atoms with Gasteiger partial charge in [-0.15, -0.1) is 11.3 Å². The van der Waals surface area contributed by atoms with Crippen LogP contribution in [-0.2, 0) is 38.5 Å². The van der Waals surface area contributed by atoms with Crippen molar-refractivity contribution in [2.24, 2.45) is 17.4 Å². The molecule has 0 spiro atoms. The van der Waals surface area contributed by atoms with Gasteiger partial charge in [0, 0.05) is 35.8 Å². The smallest absolute Gasteiger partial charge is 0.480 e. The molecule has 0 atom stereocenters. The van der Waals surface area contributed by atoms with Crippen LogP contribution in [0, 0.1) is 5.92 Å². The fourth-order valence-electron chi connectivity index (χ4n) is 5.71. The van der Waals surface area contributed by atoms with Crippen molar-refractivity contribution >= 4 is 52.7 Å². The number of esters is 1. The SMILES string of the molecule is CCOC(=O)C1CCN(C(=O)c2c(C(N)=O)sc3c2CCCC3)CC1.NCc1cccc(C(=O)N(CC(=O)O)c2ccccc2)c1.O=C(O)C(F)(F)F. The van der Waals surface area contributed by atoms with E-state index < -0.39 is 30.6 Å². The van der Waals surface area contributed by atoms with E-state index in [1.807, 2.05) is 12.1 Å². The Morgan fingerprint density at radius 3 is 2.13 bits per heavy atom. The number of carbonyl (C=O) groups is 6. The van der Waals surface area contributed by atoms with Crippen molar-refractivity contribution in [2.45, 2.75) is 58.2 Å². The number of thiophene rings is 1. The van der Waals surface area contributed by atoms with Gasteiger partial charge in [0.2, 0.25) is 0 Å². The molecule has 3 aromatic rings. The largest absolute Gasteiger partial charge is 0.490 e. The van der Waals surface area contributed by atoms with Gasteiger partial charge in [-0.3, -0.25) is 28.9 Å². The molecule has 1 saturated heterocycles. The molecule has 3 amide bonds. The Labute approximate surface area is 307 Å². The average Bonchev–Trinajstić information content (AvgIpc) is 3.54. The molecule has 1 aromatic heterocycles. The maximum atomic E-state index is 13.1. The van der Waals surface area contributed by atoms with Gasteiger partial charge >= 0.3 is 24.1 Å². The molecule has 2 aliphatic rings. The normalized spacial score (nSPS) is 13.9. The minimum Gasteiger partial charge on any atom is -0.480 e. The zero-order chi connectivity index (χ0) is 39.3. The quantitative estimate of drug-likeness (QED) is 0.222. The van der Waals surface area contributed by atoms with Crippen LogP contribution in [0.15, 0.2) is 54.6 Å². The number of anilines is 1. The number of fused-ring (bicyclic) bond motifs is 1. The molecular weight excluding hydrogens is 721 g/mol. The summed E-state index contributed by atoms with van der Waals surface area (Å²) < 4.78 is 36.8. The molecule has 6 N–H and O–H groups in total. The predicted octanol–water partition coefficient (Wildman–Crippen LogP) is 4.65. The fraction of sp³-hybridized carbons (Fsp3) is 0.389. The Balaban J connectivity index is 0.000000245. The lowest BCUT2D eigenvalue weighted by Crippen LogP contribution is -2.41. The number of carboxylic acids is 2. The zero-order valence-electron chi connectivity index (χ0n) is 28.9. The molecule has 0 saturated carbocycles. The molecule has 17 heteroatoms. The first-order valence-corrected chi connectivity index (χ1v) is 17.5. The Morgan fingerprint density at radius 2 is 1.58 bits per heavy atom. The van der Waals surface area contributed by atoms with E-state index >= 15 is 0 Å². The van der Waals surface area contributed by atoms with E-state index in [0.717, 1.165) is 41.7 Å². The summed E-state index contributed by atoms with van der Waals surface area (Å²) in [5.41, 5.74) is 14.4. The number of nitrogens with zero attached hydrogens (tertiary/aromatic N) is 2. The monoisotopic (exact) mass is 762 g/mol. The molecule has 2 aromatic carbocycles. The van der Waals surface area contributed by atoms with Crippen LogP contribution >= 0.6 is 11.3 Å². The van der Waals surface area contributed by atoms with Gasteiger partial charge in [-0.1, -0.05) is 30.3 Å². The minimum atomic E-state index is -5.08. The van der Waals surface area contributed by atoms with Crippen LogP contribution < -0.4 is 16.4 Å². The minimum absolute atomic E-state index is 0.115. The number of piperidine rings is 1. The molecule has 1 aliphatic carbocycles. The Kier molecular flexibility index (Phi) is 15.5. The van der Waals surface area contributed by atoms with Crippen LogP contribution in [0.5, 0.6) is 0 Å². The summed E-state index contributed by atoms with van der Waals surface area (Å²) in [6, 6.07) is 15.6. The van der Waals surface area contributed by atoms with Gasteiger partial charge in [-0.2, -0.15) is 13.2 Å². The van der Waals surface area contributed by atoms with Gasteiger partial charge < -0.3 is 31.3 Å². The van der Waals surface area contributed by atoms with Crippen LogP contribution in [0.3, 0.4) is 0 Å². The number of alkyl halides is 3. The van der Waals surface area contributed by atoms with Crippen molar-refractivity contribution in [1.82, 2.24) is 4.90 Å². The van der Waals surface area contributed by atoms with Gasteiger partial charge in [0.25, 0.3) is 17.7 Å². The van der Waals surface area contributed by atoms with Gasteiger partial charge in [0.05, 0.1) is 18.1 Å². The summed E-state index contributed by atoms with van der Waals surface area (Å²) in [6.07, 6.45) is -0.0129. The Bertz CT molecular complexity index is 1770. The van der Waals surface area contributed by atoms with Crippen molar-refractivity contribution in [3.63, 3.8) is 0 Å². The summed E-state index contributed by atoms with van der Waals surface area (Å²) in [4.78, 5) is 73.8. The number of rotatable bonds is 9. The number of carboxylic acid groups (broad SMARTS) is 2. The molecule has 1 fully saturated rings. The van der Waals surface area contributed by atoms with Gasteiger partial charge in [0.15, 0.2) is 0 Å². The lowest BCUT2D eigenvalue weighted by atomic mass is 9.92. The molecule has 0 radical (unpaired) electrons. The van der Waals surface area contributed by atoms with E-state index in [4.69, 9.17) is 31.2 Å². The van der Waals surface area contributed by atoms with Crippen LogP contribution in [0.1, 0.15) is 79.0 Å². The van der Waals surface area contributed by atoms with E-state index in [-0.39, 0.29) is 23.7 Å². The summed E-state index contributed by atoms with van der Waals surface area (Å²) in [6.45, 7) is 3.11. The second-order valence-electron chi connectivity index (χ2n) is 11.9. The van der Waals surface area contributed by atoms with Gasteiger partial charge in [0.1, 0.15) is 11.4 Å². The van der Waals surface area contributed by atoms with Crippen LogP contribution in [0.4, 0.5) is 18.9 Å². The number of aryl methyl sites for hydroxylation is 1. The highest BCUT2D eigenvalue weighted by atomic mass is 32.1. The number of aliphatic carboxylic acids is 2. The highest BCUT2D eigenvalue weighted by molar-refractivity contribution is 7.14. The molecule has 5 rings (SSSR count). The van der Waals surface area contributed by atoms with Crippen molar-refractivity contribution in [1.29, 1.82) is 0 Å². The second-order valence-corrected chi connectivity index (χ2v) is 13.0. The molecule has 2 heterocycles. The van der Waals surface area contributed by atoms with Crippen molar-refractivity contribution in [3.8, 4) is 0 Å². The summed E-state index contributed by atoms with van der Waals surface area (Å²) in [7, 11) is 0. The number of para-hydroxylation sites is 1. The van der Waals surface area contributed by atoms with Crippen molar-refractivity contribution in [2.75, 3.05) is 31.1 Å². The standard InChI is InChI=1S/C18H24N2O4S.C16H16N2O3.C2HF3O2/c1-2-24-18(23)11-7-9-20(10-8-11)17(22)14-12-5-3-4-6-13(12)25-15(14)16(19)21;17-10-12-5-4-6-13(9-12)16(21)18(11-15(19)20)14-7-2-1-3-8-14;3-2(4,5)1(6)7/h11H,2-10H2,1H3,(H2,19,21);1-9H,10-11,17H2,(H,19,20);(H,6,7). The Morgan fingerprint density at radius 1 is 0.962 bits per heavy atom. The van der Waals surface area contributed by atoms with Crippen LogP contribution in [0.25, 0.3) is 0 Å². The summed E-state index contributed by atoms with van der Waals surface area (Å²) in [5, 5.41) is 16.2. The van der Waals surface area contributed by atoms with Crippen molar-refractivity contribution < 1.29 is 56.9 Å². The highest BCUT2D eigenvalue weighted by Gasteiger charge is 2.38. The van der Waals surface area contributed by atoms with Gasteiger partial charge in [-0.25, -0.2) is 4.79 Å². The number of likely N-dealkylation sites (tertiary alicyclic amines) is 1. The van der Waals surface area contributed by atoms with E-state index in [1.165, 1.54) is 16.2 Å². The van der Waals surface area contributed by atoms with Crippen LogP contribution in [-0.4, -0.2) is 83.2 Å². The predicted molar refractivity (Wildman–Crippen MR) is 189 cm³/mol. The second kappa shape index (κ2) is 19.5. The molecule has 0 bridgehead atoms. The summed E-state index contributed by atoms with van der Waals surface area (Å²) >= 11 is 1.38. The first-order valence-electron chi connectivity index (χ1n) is 16.7. The first kappa shape index (κ1) is 42.1. The maximum absolute atomic E-state index is 13.1. The number of hydrogen-bond acceptors (Lipinski definition) is 9. The maximum Gasteiger partial charge on any atom is 0.490 e. The van der Waals surface area contributed by atoms with Crippen LogP contribution in [0.2, 0.25) is 0 Å². The number of halogens is 3. The molecule has 286 valence electrons. The number of hydrogen-bond donors (Lipinski definition) is 4. The molecule has 0 unspecified atom stereocenters. The number of amides is 3. The van der Waals surface area contributed by atoms with E-state index in [2.05, 4.69) is 0 Å². The molecular formula is C36H41F3N4O9S. The number of nitrogens with two attached hydrogens (primary N) is 2. The number of ether oxygens (including phenoxy) is 1.